The molecule has 0 spiro atoms. The molecule has 0 aliphatic heterocycles. The van der Waals surface area contributed by atoms with Crippen LogP contribution in [0.15, 0.2) is 24.5 Å². The number of rotatable bonds is 3. The molecule has 0 radical (unpaired) electrons. The van der Waals surface area contributed by atoms with Crippen LogP contribution >= 0.6 is 0 Å². The maximum absolute atomic E-state index is 5.86. The second kappa shape index (κ2) is 4.14. The molecule has 70 valence electrons. The Kier molecular flexibility index (Phi) is 3.14. The van der Waals surface area contributed by atoms with Crippen LogP contribution in [0.3, 0.4) is 0 Å². The third kappa shape index (κ3) is 2.95. The maximum Gasteiger partial charge on any atom is 0.145 e. The Morgan fingerprint density at radius 3 is 2.54 bits per heavy atom. The van der Waals surface area contributed by atoms with E-state index in [1.165, 1.54) is 0 Å². The summed E-state index contributed by atoms with van der Waals surface area (Å²) in [6, 6.07) is -0.127. The molecule has 2 N–H and O–H groups in total. The van der Waals surface area contributed by atoms with E-state index in [0.29, 0.717) is 5.82 Å². The van der Waals surface area contributed by atoms with Gasteiger partial charge in [-0.3, -0.25) is 0 Å². The van der Waals surface area contributed by atoms with E-state index in [-0.39, 0.29) is 6.04 Å². The van der Waals surface area contributed by atoms with Crippen molar-refractivity contribution in [3.05, 3.63) is 35.9 Å². The summed E-state index contributed by atoms with van der Waals surface area (Å²) in [4.78, 5) is 8.31. The van der Waals surface area contributed by atoms with Crippen molar-refractivity contribution in [3.63, 3.8) is 0 Å². The van der Waals surface area contributed by atoms with Crippen molar-refractivity contribution in [3.8, 4) is 0 Å². The van der Waals surface area contributed by atoms with E-state index in [2.05, 4.69) is 16.5 Å². The van der Waals surface area contributed by atoms with Crippen LogP contribution in [0.4, 0.5) is 0 Å². The summed E-state index contributed by atoms with van der Waals surface area (Å²) in [6.45, 7) is 7.71. The Balaban J connectivity index is 2.71. The van der Waals surface area contributed by atoms with Gasteiger partial charge in [-0.05, 0) is 25.8 Å². The Bertz CT molecular complexity index is 290. The quantitative estimate of drug-likeness (QED) is 0.715. The number of aromatic nitrogens is 2. The van der Waals surface area contributed by atoms with Gasteiger partial charge in [0.2, 0.25) is 0 Å². The summed E-state index contributed by atoms with van der Waals surface area (Å²) in [5.41, 5.74) is 7.96. The van der Waals surface area contributed by atoms with Crippen molar-refractivity contribution in [2.24, 2.45) is 5.73 Å². The van der Waals surface area contributed by atoms with Gasteiger partial charge in [0.1, 0.15) is 5.82 Å². The first-order valence-corrected chi connectivity index (χ1v) is 4.28. The highest BCUT2D eigenvalue weighted by Crippen LogP contribution is 2.12. The zero-order valence-corrected chi connectivity index (χ0v) is 8.12. The molecular formula is C10H15N3. The largest absolute Gasteiger partial charge is 0.321 e. The van der Waals surface area contributed by atoms with Gasteiger partial charge in [-0.25, -0.2) is 9.97 Å². The van der Waals surface area contributed by atoms with E-state index < -0.39 is 0 Å². The van der Waals surface area contributed by atoms with Crippen molar-refractivity contribution in [1.29, 1.82) is 0 Å². The van der Waals surface area contributed by atoms with Crippen molar-refractivity contribution >= 4 is 0 Å². The normalized spacial score (nSPS) is 12.5. The van der Waals surface area contributed by atoms with E-state index >= 15 is 0 Å². The topological polar surface area (TPSA) is 51.8 Å². The molecule has 0 amide bonds. The van der Waals surface area contributed by atoms with Gasteiger partial charge in [0, 0.05) is 12.4 Å². The standard InChI is InChI=1S/C10H15N3/c1-7(2)4-9(11)10-12-5-8(3)6-13-10/h5-6,9H,1,4,11H2,2-3H3. The third-order valence-corrected chi connectivity index (χ3v) is 1.70. The Labute approximate surface area is 78.7 Å². The SMILES string of the molecule is C=C(C)CC(N)c1ncc(C)cn1. The molecule has 3 nitrogen and oxygen atoms in total. The molecule has 1 unspecified atom stereocenters. The number of aryl methyl sites for hydroxylation is 1. The lowest BCUT2D eigenvalue weighted by Crippen LogP contribution is -2.14. The van der Waals surface area contributed by atoms with E-state index in [0.717, 1.165) is 17.6 Å². The smallest absolute Gasteiger partial charge is 0.145 e. The third-order valence-electron chi connectivity index (χ3n) is 1.70. The molecule has 1 heterocycles. The molecule has 1 rings (SSSR count). The molecule has 1 aromatic rings. The highest BCUT2D eigenvalue weighted by atomic mass is 14.9. The minimum absolute atomic E-state index is 0.127. The van der Waals surface area contributed by atoms with Gasteiger partial charge in [-0.1, -0.05) is 5.57 Å². The van der Waals surface area contributed by atoms with Crippen LogP contribution in [0.25, 0.3) is 0 Å². The predicted octanol–water partition coefficient (Wildman–Crippen LogP) is 1.75. The van der Waals surface area contributed by atoms with Crippen molar-refractivity contribution < 1.29 is 0 Å². The minimum atomic E-state index is -0.127. The molecule has 0 bridgehead atoms. The molecule has 13 heavy (non-hydrogen) atoms. The molecule has 0 fully saturated rings. The van der Waals surface area contributed by atoms with Crippen molar-refractivity contribution in [2.45, 2.75) is 26.3 Å². The highest BCUT2D eigenvalue weighted by Gasteiger charge is 2.07. The molecule has 1 atom stereocenters. The first kappa shape index (κ1) is 9.86. The van der Waals surface area contributed by atoms with Gasteiger partial charge in [-0.2, -0.15) is 0 Å². The van der Waals surface area contributed by atoms with Crippen LogP contribution in [0.2, 0.25) is 0 Å². The number of hydrogen-bond donors (Lipinski definition) is 1. The molecular weight excluding hydrogens is 162 g/mol. The van der Waals surface area contributed by atoms with Crippen LogP contribution in [-0.4, -0.2) is 9.97 Å². The van der Waals surface area contributed by atoms with Crippen molar-refractivity contribution in [2.75, 3.05) is 0 Å². The summed E-state index contributed by atoms with van der Waals surface area (Å²) in [6.07, 6.45) is 4.30. The average molecular weight is 177 g/mol. The van der Waals surface area contributed by atoms with Crippen LogP contribution in [-0.2, 0) is 0 Å². The first-order valence-electron chi connectivity index (χ1n) is 4.28. The zero-order chi connectivity index (χ0) is 9.84. The van der Waals surface area contributed by atoms with Crippen LogP contribution in [0.5, 0.6) is 0 Å². The lowest BCUT2D eigenvalue weighted by Gasteiger charge is -2.09. The molecule has 0 aliphatic rings. The van der Waals surface area contributed by atoms with Crippen molar-refractivity contribution in [1.82, 2.24) is 9.97 Å². The molecule has 1 aromatic heterocycles. The Morgan fingerprint density at radius 2 is 2.08 bits per heavy atom. The average Bonchev–Trinajstić information content (AvgIpc) is 2.04. The van der Waals surface area contributed by atoms with E-state index in [1.54, 1.807) is 12.4 Å². The second-order valence-corrected chi connectivity index (χ2v) is 3.39. The predicted molar refractivity (Wildman–Crippen MR) is 53.1 cm³/mol. The van der Waals surface area contributed by atoms with Gasteiger partial charge in [0.25, 0.3) is 0 Å². The first-order chi connectivity index (χ1) is 6.09. The summed E-state index contributed by atoms with van der Waals surface area (Å²) >= 11 is 0. The molecule has 0 aliphatic carbocycles. The summed E-state index contributed by atoms with van der Waals surface area (Å²) in [7, 11) is 0. The molecule has 0 saturated heterocycles. The van der Waals surface area contributed by atoms with Crippen LogP contribution in [0, 0.1) is 6.92 Å². The van der Waals surface area contributed by atoms with Crippen LogP contribution in [0.1, 0.15) is 30.8 Å². The summed E-state index contributed by atoms with van der Waals surface area (Å²) in [5, 5.41) is 0. The van der Waals surface area contributed by atoms with Gasteiger partial charge >= 0.3 is 0 Å². The summed E-state index contributed by atoms with van der Waals surface area (Å²) in [5.74, 6) is 0.689. The van der Waals surface area contributed by atoms with Gasteiger partial charge in [-0.15, -0.1) is 6.58 Å². The number of hydrogen-bond acceptors (Lipinski definition) is 3. The van der Waals surface area contributed by atoms with Crippen LogP contribution < -0.4 is 5.73 Å². The second-order valence-electron chi connectivity index (χ2n) is 3.39. The lowest BCUT2D eigenvalue weighted by atomic mass is 10.1. The molecule has 0 aromatic carbocycles. The Hall–Kier alpha value is -1.22. The van der Waals surface area contributed by atoms with Gasteiger partial charge < -0.3 is 5.73 Å². The van der Waals surface area contributed by atoms with E-state index in [4.69, 9.17) is 5.73 Å². The van der Waals surface area contributed by atoms with Gasteiger partial charge in [0.15, 0.2) is 0 Å². The minimum Gasteiger partial charge on any atom is -0.321 e. The summed E-state index contributed by atoms with van der Waals surface area (Å²) < 4.78 is 0. The fraction of sp³-hybridized carbons (Fsp3) is 0.400. The molecule has 0 saturated carbocycles. The van der Waals surface area contributed by atoms with E-state index in [9.17, 15) is 0 Å². The lowest BCUT2D eigenvalue weighted by molar-refractivity contribution is 0.662. The zero-order valence-electron chi connectivity index (χ0n) is 8.12. The monoisotopic (exact) mass is 177 g/mol. The molecule has 3 heteroatoms. The Morgan fingerprint density at radius 1 is 1.54 bits per heavy atom. The number of nitrogens with two attached hydrogens (primary N) is 1. The number of nitrogens with zero attached hydrogens (tertiary/aromatic N) is 2. The fourth-order valence-corrected chi connectivity index (χ4v) is 1.06. The van der Waals surface area contributed by atoms with Gasteiger partial charge in [0.05, 0.1) is 6.04 Å². The highest BCUT2D eigenvalue weighted by molar-refractivity contribution is 5.06. The fourth-order valence-electron chi connectivity index (χ4n) is 1.06. The van der Waals surface area contributed by atoms with E-state index in [1.807, 2.05) is 13.8 Å². The maximum atomic E-state index is 5.86.